The van der Waals surface area contributed by atoms with E-state index in [0.717, 1.165) is 38.8 Å². The Morgan fingerprint density at radius 2 is 2.12 bits per heavy atom. The largest absolute Gasteiger partial charge is 0.375 e. The maximum Gasteiger partial charge on any atom is 0.205 e. The summed E-state index contributed by atoms with van der Waals surface area (Å²) in [7, 11) is 0. The monoisotopic (exact) mass is 242 g/mol. The first-order valence-electron chi connectivity index (χ1n) is 6.61. The van der Waals surface area contributed by atoms with Gasteiger partial charge in [0.05, 0.1) is 5.60 Å². The highest BCUT2D eigenvalue weighted by Crippen LogP contribution is 2.31. The van der Waals surface area contributed by atoms with Gasteiger partial charge in [-0.3, -0.25) is 10.4 Å². The molecule has 1 aliphatic heterocycles. The van der Waals surface area contributed by atoms with Crippen LogP contribution < -0.4 is 16.6 Å². The number of hydrogen-bond donors (Lipinski definition) is 3. The van der Waals surface area contributed by atoms with Gasteiger partial charge in [-0.15, -0.1) is 0 Å². The summed E-state index contributed by atoms with van der Waals surface area (Å²) in [6.07, 6.45) is 4.13. The molecule has 17 heavy (non-hydrogen) atoms. The second-order valence-electron chi connectivity index (χ2n) is 4.54. The molecule has 0 bridgehead atoms. The average Bonchev–Trinajstić information content (AvgIpc) is 2.38. The number of hydrogen-bond acceptors (Lipinski definition) is 3. The third-order valence-electron chi connectivity index (χ3n) is 3.58. The van der Waals surface area contributed by atoms with Crippen LogP contribution in [-0.2, 0) is 4.74 Å². The van der Waals surface area contributed by atoms with Crippen LogP contribution in [0.4, 0.5) is 0 Å². The number of nitrogens with zero attached hydrogens (tertiary/aromatic N) is 1. The summed E-state index contributed by atoms with van der Waals surface area (Å²) in [6.45, 7) is 7.90. The van der Waals surface area contributed by atoms with Gasteiger partial charge in [-0.2, -0.15) is 0 Å². The van der Waals surface area contributed by atoms with Gasteiger partial charge in [0.2, 0.25) is 5.96 Å². The molecule has 1 atom stereocenters. The van der Waals surface area contributed by atoms with Crippen molar-refractivity contribution < 1.29 is 4.74 Å². The van der Waals surface area contributed by atoms with Gasteiger partial charge < -0.3 is 10.1 Å². The summed E-state index contributed by atoms with van der Waals surface area (Å²) in [6, 6.07) is 0.394. The van der Waals surface area contributed by atoms with E-state index in [1.807, 2.05) is 6.92 Å². The van der Waals surface area contributed by atoms with Gasteiger partial charge in [0.25, 0.3) is 0 Å². The van der Waals surface area contributed by atoms with E-state index < -0.39 is 0 Å². The van der Waals surface area contributed by atoms with E-state index in [1.54, 1.807) is 0 Å². The number of ether oxygens (including phenoxy) is 1. The first kappa shape index (κ1) is 14.3. The predicted octanol–water partition coefficient (Wildman–Crippen LogP) is 1.15. The van der Waals surface area contributed by atoms with Crippen LogP contribution in [0.2, 0.25) is 0 Å². The summed E-state index contributed by atoms with van der Waals surface area (Å²) in [5, 5.41) is 3.36. The summed E-state index contributed by atoms with van der Waals surface area (Å²) < 4.78 is 5.94. The number of hydrazine groups is 1. The zero-order chi connectivity index (χ0) is 12.7. The summed E-state index contributed by atoms with van der Waals surface area (Å²) in [5.41, 5.74) is 2.64. The Morgan fingerprint density at radius 3 is 2.65 bits per heavy atom. The second kappa shape index (κ2) is 6.81. The van der Waals surface area contributed by atoms with Gasteiger partial charge in [-0.05, 0) is 32.6 Å². The van der Waals surface area contributed by atoms with Crippen molar-refractivity contribution in [2.24, 2.45) is 10.8 Å². The van der Waals surface area contributed by atoms with Crippen LogP contribution in [0.5, 0.6) is 0 Å². The topological polar surface area (TPSA) is 71.7 Å². The van der Waals surface area contributed by atoms with Crippen molar-refractivity contribution in [2.45, 2.75) is 58.1 Å². The molecule has 0 aliphatic carbocycles. The van der Waals surface area contributed by atoms with E-state index in [4.69, 9.17) is 10.6 Å². The Morgan fingerprint density at radius 1 is 1.41 bits per heavy atom. The van der Waals surface area contributed by atoms with Gasteiger partial charge in [0.15, 0.2) is 0 Å². The predicted molar refractivity (Wildman–Crippen MR) is 70.7 cm³/mol. The molecule has 1 saturated heterocycles. The minimum atomic E-state index is 0.0296. The van der Waals surface area contributed by atoms with Crippen LogP contribution in [0, 0.1) is 0 Å². The molecule has 1 aliphatic rings. The normalized spacial score (nSPS) is 24.5. The number of aliphatic imine (C=N–C) groups is 1. The van der Waals surface area contributed by atoms with Crippen LogP contribution in [0.1, 0.15) is 46.5 Å². The Balaban J connectivity index is 2.57. The molecule has 5 heteroatoms. The Labute approximate surface area is 104 Å². The summed E-state index contributed by atoms with van der Waals surface area (Å²) >= 11 is 0. The van der Waals surface area contributed by atoms with Gasteiger partial charge in [0, 0.05) is 19.2 Å². The highest BCUT2D eigenvalue weighted by molar-refractivity contribution is 5.79. The van der Waals surface area contributed by atoms with Crippen molar-refractivity contribution in [3.63, 3.8) is 0 Å². The van der Waals surface area contributed by atoms with E-state index in [9.17, 15) is 0 Å². The van der Waals surface area contributed by atoms with Gasteiger partial charge in [-0.25, -0.2) is 5.84 Å². The first-order chi connectivity index (χ1) is 8.19. The lowest BCUT2D eigenvalue weighted by Crippen LogP contribution is -2.52. The zero-order valence-corrected chi connectivity index (χ0v) is 11.3. The molecule has 0 amide bonds. The molecule has 0 radical (unpaired) electrons. The fourth-order valence-corrected chi connectivity index (χ4v) is 2.38. The molecule has 0 spiro atoms. The molecule has 4 N–H and O–H groups in total. The molecule has 1 heterocycles. The minimum absolute atomic E-state index is 0.0296. The minimum Gasteiger partial charge on any atom is -0.375 e. The molecule has 1 unspecified atom stereocenters. The van der Waals surface area contributed by atoms with E-state index in [2.05, 4.69) is 29.6 Å². The fraction of sp³-hybridized carbons (Fsp3) is 0.917. The first-order valence-corrected chi connectivity index (χ1v) is 6.61. The number of rotatable bonds is 4. The van der Waals surface area contributed by atoms with Crippen LogP contribution in [0.3, 0.4) is 0 Å². The van der Waals surface area contributed by atoms with Gasteiger partial charge in [-0.1, -0.05) is 13.8 Å². The molecular formula is C12H26N4O. The standard InChI is InChI=1S/C12H26N4O/c1-4-12(5-2)9-10(7-8-17-12)15-11(16-13)14-6-3/h10H,4-9,13H2,1-3H3,(H2,14,15,16). The maximum absolute atomic E-state index is 5.94. The number of nitrogens with one attached hydrogen (secondary N) is 2. The highest BCUT2D eigenvalue weighted by Gasteiger charge is 2.34. The van der Waals surface area contributed by atoms with Crippen LogP contribution in [0.15, 0.2) is 4.99 Å². The molecule has 0 aromatic carbocycles. The molecule has 1 fully saturated rings. The zero-order valence-electron chi connectivity index (χ0n) is 11.3. The molecule has 5 nitrogen and oxygen atoms in total. The van der Waals surface area contributed by atoms with Gasteiger partial charge in [0.1, 0.15) is 0 Å². The third-order valence-corrected chi connectivity index (χ3v) is 3.58. The Bertz CT molecular complexity index is 251. The summed E-state index contributed by atoms with van der Waals surface area (Å²) in [4.78, 5) is 4.26. The lowest BCUT2D eigenvalue weighted by atomic mass is 9.86. The Kier molecular flexibility index (Phi) is 5.71. The average molecular weight is 242 g/mol. The van der Waals surface area contributed by atoms with Gasteiger partial charge >= 0.3 is 0 Å². The SMILES string of the molecule is CCN=C(NN)NC1CCOC(CC)(CC)C1. The van der Waals surface area contributed by atoms with Crippen LogP contribution in [-0.4, -0.2) is 30.8 Å². The maximum atomic E-state index is 5.94. The lowest BCUT2D eigenvalue weighted by molar-refractivity contribution is -0.0910. The fourth-order valence-electron chi connectivity index (χ4n) is 2.38. The van der Waals surface area contributed by atoms with Crippen molar-refractivity contribution in [2.75, 3.05) is 13.2 Å². The quantitative estimate of drug-likeness (QED) is 0.299. The van der Waals surface area contributed by atoms with Crippen molar-refractivity contribution in [1.29, 1.82) is 0 Å². The number of nitrogens with two attached hydrogens (primary N) is 1. The van der Waals surface area contributed by atoms with Crippen LogP contribution in [0.25, 0.3) is 0 Å². The van der Waals surface area contributed by atoms with Crippen molar-refractivity contribution in [1.82, 2.24) is 10.7 Å². The van der Waals surface area contributed by atoms with Crippen molar-refractivity contribution in [3.8, 4) is 0 Å². The molecular weight excluding hydrogens is 216 g/mol. The summed E-state index contributed by atoms with van der Waals surface area (Å²) in [5.74, 6) is 6.12. The van der Waals surface area contributed by atoms with Crippen molar-refractivity contribution in [3.05, 3.63) is 0 Å². The number of guanidine groups is 1. The smallest absolute Gasteiger partial charge is 0.205 e. The van der Waals surface area contributed by atoms with E-state index >= 15 is 0 Å². The molecule has 0 aromatic heterocycles. The molecule has 100 valence electrons. The lowest BCUT2D eigenvalue weighted by Gasteiger charge is -2.40. The molecule has 0 saturated carbocycles. The Hall–Kier alpha value is -0.810. The third kappa shape index (κ3) is 3.85. The van der Waals surface area contributed by atoms with Crippen molar-refractivity contribution >= 4 is 5.96 Å². The van der Waals surface area contributed by atoms with E-state index in [1.165, 1.54) is 0 Å². The van der Waals surface area contributed by atoms with E-state index in [-0.39, 0.29) is 5.60 Å². The second-order valence-corrected chi connectivity index (χ2v) is 4.54. The molecule has 1 rings (SSSR count). The highest BCUT2D eigenvalue weighted by atomic mass is 16.5. The van der Waals surface area contributed by atoms with E-state index in [0.29, 0.717) is 12.0 Å². The molecule has 0 aromatic rings. The van der Waals surface area contributed by atoms with Crippen LogP contribution >= 0.6 is 0 Å².